The summed E-state index contributed by atoms with van der Waals surface area (Å²) in [6.45, 7) is 8.81. The molecule has 1 rings (SSSR count). The first kappa shape index (κ1) is 11.5. The maximum absolute atomic E-state index is 11.7. The second-order valence-electron chi connectivity index (χ2n) is 4.54. The Kier molecular flexibility index (Phi) is 3.50. The topological polar surface area (TPSA) is 47.6 Å². The Labute approximate surface area is 85.0 Å². The molecule has 0 radical (unpaired) electrons. The minimum Gasteiger partial charge on any atom is -0.459 e. The van der Waals surface area contributed by atoms with Crippen LogP contribution in [0.1, 0.15) is 27.7 Å². The lowest BCUT2D eigenvalue weighted by molar-refractivity contribution is -0.163. The van der Waals surface area contributed by atoms with Crippen LogP contribution in [0.2, 0.25) is 0 Å². The Morgan fingerprint density at radius 3 is 2.64 bits per heavy atom. The normalized spacial score (nSPS) is 28.6. The van der Waals surface area contributed by atoms with Crippen LogP contribution in [0.4, 0.5) is 0 Å². The van der Waals surface area contributed by atoms with Crippen LogP contribution in [-0.4, -0.2) is 36.9 Å². The Morgan fingerprint density at radius 1 is 1.50 bits per heavy atom. The average molecular weight is 201 g/mol. The van der Waals surface area contributed by atoms with Gasteiger partial charge in [-0.3, -0.25) is 10.1 Å². The molecule has 0 aromatic rings. The van der Waals surface area contributed by atoms with Gasteiger partial charge in [0.25, 0.3) is 0 Å². The number of hydrogen-bond acceptors (Lipinski definition) is 4. The lowest BCUT2D eigenvalue weighted by Crippen LogP contribution is -2.53. The largest absolute Gasteiger partial charge is 0.459 e. The number of carbonyl (C=O) groups excluding carboxylic acids is 1. The highest BCUT2D eigenvalue weighted by Gasteiger charge is 2.31. The number of rotatable bonds is 1. The van der Waals surface area contributed by atoms with E-state index in [4.69, 9.17) is 9.47 Å². The number of carbonyl (C=O) groups is 1. The molecule has 2 atom stereocenters. The number of morpholine rings is 1. The Hall–Kier alpha value is -0.610. The predicted octanol–water partition coefficient (Wildman–Crippen LogP) is 0.705. The molecule has 0 unspecified atom stereocenters. The van der Waals surface area contributed by atoms with Gasteiger partial charge in [-0.15, -0.1) is 0 Å². The van der Waals surface area contributed by atoms with E-state index in [1.54, 1.807) is 0 Å². The minimum atomic E-state index is -0.435. The fourth-order valence-corrected chi connectivity index (χ4v) is 1.36. The molecule has 0 aromatic carbocycles. The molecule has 0 bridgehead atoms. The van der Waals surface area contributed by atoms with Crippen molar-refractivity contribution in [3.8, 4) is 0 Å². The standard InChI is InChI=1S/C10H19NO3/c1-7-8(11-5-6-13-7)9(12)14-10(2,3)4/h7-8,11H,5-6H2,1-4H3/t7-,8+/m1/s1. The minimum absolute atomic E-state index is 0.112. The lowest BCUT2D eigenvalue weighted by atomic mass is 10.1. The van der Waals surface area contributed by atoms with E-state index in [9.17, 15) is 4.79 Å². The van der Waals surface area contributed by atoms with Crippen molar-refractivity contribution < 1.29 is 14.3 Å². The van der Waals surface area contributed by atoms with Crippen molar-refractivity contribution in [1.82, 2.24) is 5.32 Å². The molecule has 14 heavy (non-hydrogen) atoms. The highest BCUT2D eigenvalue weighted by Crippen LogP contribution is 2.12. The first-order valence-corrected chi connectivity index (χ1v) is 4.98. The second-order valence-corrected chi connectivity index (χ2v) is 4.54. The van der Waals surface area contributed by atoms with Crippen LogP contribution in [0.15, 0.2) is 0 Å². The molecule has 0 aromatic heterocycles. The van der Waals surface area contributed by atoms with Gasteiger partial charge in [-0.1, -0.05) is 0 Å². The molecule has 1 fully saturated rings. The van der Waals surface area contributed by atoms with Crippen LogP contribution >= 0.6 is 0 Å². The van der Waals surface area contributed by atoms with Gasteiger partial charge in [0.2, 0.25) is 0 Å². The van der Waals surface area contributed by atoms with Gasteiger partial charge in [0.15, 0.2) is 0 Å². The molecular formula is C10H19NO3. The van der Waals surface area contributed by atoms with Gasteiger partial charge >= 0.3 is 5.97 Å². The molecule has 0 saturated carbocycles. The Balaban J connectivity index is 2.50. The molecule has 82 valence electrons. The van der Waals surface area contributed by atoms with Crippen LogP contribution in [0, 0.1) is 0 Å². The van der Waals surface area contributed by atoms with Crippen LogP contribution in [0.25, 0.3) is 0 Å². The van der Waals surface area contributed by atoms with Crippen molar-refractivity contribution in [2.75, 3.05) is 13.2 Å². The molecule has 1 heterocycles. The molecular weight excluding hydrogens is 182 g/mol. The summed E-state index contributed by atoms with van der Waals surface area (Å²) in [7, 11) is 0. The van der Waals surface area contributed by atoms with Gasteiger partial charge in [0.05, 0.1) is 12.7 Å². The lowest BCUT2D eigenvalue weighted by Gasteiger charge is -2.31. The Morgan fingerprint density at radius 2 is 2.14 bits per heavy atom. The van der Waals surface area contributed by atoms with Gasteiger partial charge in [-0.05, 0) is 27.7 Å². The second kappa shape index (κ2) is 4.28. The van der Waals surface area contributed by atoms with Crippen LogP contribution < -0.4 is 5.32 Å². The van der Waals surface area contributed by atoms with Gasteiger partial charge in [0, 0.05) is 6.54 Å². The number of esters is 1. The zero-order valence-corrected chi connectivity index (χ0v) is 9.29. The van der Waals surface area contributed by atoms with Crippen LogP contribution in [0.5, 0.6) is 0 Å². The molecule has 4 heteroatoms. The maximum atomic E-state index is 11.7. The van der Waals surface area contributed by atoms with E-state index in [-0.39, 0.29) is 18.1 Å². The quantitative estimate of drug-likeness (QED) is 0.635. The zero-order chi connectivity index (χ0) is 10.8. The Bertz CT molecular complexity index is 210. The number of nitrogens with one attached hydrogen (secondary N) is 1. The highest BCUT2D eigenvalue weighted by molar-refractivity contribution is 5.77. The summed E-state index contributed by atoms with van der Waals surface area (Å²) in [5.74, 6) is -0.232. The van der Waals surface area contributed by atoms with Crippen LogP contribution in [-0.2, 0) is 14.3 Å². The summed E-state index contributed by atoms with van der Waals surface area (Å²) in [6.07, 6.45) is -0.112. The molecule has 1 aliphatic heterocycles. The summed E-state index contributed by atoms with van der Waals surface area (Å²) in [5, 5.41) is 3.09. The fraction of sp³-hybridized carbons (Fsp3) is 0.900. The third kappa shape index (κ3) is 3.27. The monoisotopic (exact) mass is 201 g/mol. The van der Waals surface area contributed by atoms with Crippen molar-refractivity contribution in [2.45, 2.75) is 45.4 Å². The smallest absolute Gasteiger partial charge is 0.326 e. The summed E-state index contributed by atoms with van der Waals surface area (Å²) in [6, 6.07) is -0.331. The average Bonchev–Trinajstić information content (AvgIpc) is 2.01. The molecule has 0 aliphatic carbocycles. The predicted molar refractivity (Wildman–Crippen MR) is 53.0 cm³/mol. The fourth-order valence-electron chi connectivity index (χ4n) is 1.36. The number of ether oxygens (including phenoxy) is 2. The summed E-state index contributed by atoms with van der Waals surface area (Å²) in [5.41, 5.74) is -0.435. The van der Waals surface area contributed by atoms with E-state index in [0.717, 1.165) is 0 Å². The zero-order valence-electron chi connectivity index (χ0n) is 9.29. The van der Waals surface area contributed by atoms with E-state index in [2.05, 4.69) is 5.32 Å². The van der Waals surface area contributed by atoms with E-state index in [1.165, 1.54) is 0 Å². The molecule has 1 N–H and O–H groups in total. The summed E-state index contributed by atoms with van der Waals surface area (Å²) in [4.78, 5) is 11.7. The van der Waals surface area contributed by atoms with Gasteiger partial charge < -0.3 is 9.47 Å². The van der Waals surface area contributed by atoms with Crippen molar-refractivity contribution in [3.05, 3.63) is 0 Å². The van der Waals surface area contributed by atoms with Gasteiger partial charge in [-0.25, -0.2) is 0 Å². The van der Waals surface area contributed by atoms with Crippen molar-refractivity contribution in [3.63, 3.8) is 0 Å². The third-order valence-electron chi connectivity index (χ3n) is 1.98. The molecule has 1 aliphatic rings. The van der Waals surface area contributed by atoms with Crippen LogP contribution in [0.3, 0.4) is 0 Å². The maximum Gasteiger partial charge on any atom is 0.326 e. The third-order valence-corrected chi connectivity index (χ3v) is 1.98. The molecule has 4 nitrogen and oxygen atoms in total. The first-order chi connectivity index (χ1) is 6.40. The van der Waals surface area contributed by atoms with E-state index >= 15 is 0 Å². The van der Waals surface area contributed by atoms with E-state index in [1.807, 2.05) is 27.7 Å². The summed E-state index contributed by atoms with van der Waals surface area (Å²) < 4.78 is 10.6. The molecule has 0 spiro atoms. The van der Waals surface area contributed by atoms with E-state index < -0.39 is 5.60 Å². The SMILES string of the molecule is C[C@H]1OCCN[C@@H]1C(=O)OC(C)(C)C. The molecule has 0 amide bonds. The summed E-state index contributed by atoms with van der Waals surface area (Å²) >= 11 is 0. The van der Waals surface area contributed by atoms with Crippen molar-refractivity contribution in [2.24, 2.45) is 0 Å². The van der Waals surface area contributed by atoms with Gasteiger partial charge in [0.1, 0.15) is 11.6 Å². The van der Waals surface area contributed by atoms with E-state index in [0.29, 0.717) is 13.2 Å². The highest BCUT2D eigenvalue weighted by atomic mass is 16.6. The van der Waals surface area contributed by atoms with Crippen molar-refractivity contribution >= 4 is 5.97 Å². The van der Waals surface area contributed by atoms with Gasteiger partial charge in [-0.2, -0.15) is 0 Å². The number of hydrogen-bond donors (Lipinski definition) is 1. The van der Waals surface area contributed by atoms with Crippen molar-refractivity contribution in [1.29, 1.82) is 0 Å². The molecule has 1 saturated heterocycles. The first-order valence-electron chi connectivity index (χ1n) is 4.98.